The zero-order chi connectivity index (χ0) is 15.6. The highest BCUT2D eigenvalue weighted by atomic mass is 28.4. The van der Waals surface area contributed by atoms with Crippen LogP contribution in [0.15, 0.2) is 34.8 Å². The summed E-state index contributed by atoms with van der Waals surface area (Å²) < 4.78 is 0. The molecule has 0 radical (unpaired) electrons. The lowest BCUT2D eigenvalue weighted by atomic mass is 10.2. The van der Waals surface area contributed by atoms with E-state index in [-0.39, 0.29) is 10.6 Å². The third-order valence-corrected chi connectivity index (χ3v) is 10.8. The van der Waals surface area contributed by atoms with E-state index < -0.39 is 16.1 Å². The molecule has 108 valence electrons. The topological polar surface area (TPSA) is 43.1 Å². The van der Waals surface area contributed by atoms with Gasteiger partial charge in [0.15, 0.2) is 0 Å². The lowest BCUT2D eigenvalue weighted by molar-refractivity contribution is -0.384. The van der Waals surface area contributed by atoms with Crippen molar-refractivity contribution in [2.24, 2.45) is 0 Å². The Morgan fingerprint density at radius 1 is 1.05 bits per heavy atom. The Balaban J connectivity index is 3.21. The molecule has 0 aromatic heterocycles. The van der Waals surface area contributed by atoms with Crippen LogP contribution in [0.3, 0.4) is 0 Å². The maximum atomic E-state index is 10.6. The summed E-state index contributed by atoms with van der Waals surface area (Å²) in [6.07, 6.45) is 1.97. The van der Waals surface area contributed by atoms with E-state index >= 15 is 0 Å². The number of non-ortho nitro benzene ring substituents is 1. The molecular formula is C15H23NO2Si2. The highest BCUT2D eigenvalue weighted by Crippen LogP contribution is 2.24. The Morgan fingerprint density at radius 2 is 1.50 bits per heavy atom. The maximum absolute atomic E-state index is 10.6. The van der Waals surface area contributed by atoms with Crippen LogP contribution in [0.1, 0.15) is 5.56 Å². The zero-order valence-corrected chi connectivity index (χ0v) is 15.2. The number of hydrogen-bond donors (Lipinski definition) is 0. The minimum Gasteiger partial charge on any atom is -0.258 e. The van der Waals surface area contributed by atoms with E-state index in [1.54, 1.807) is 12.1 Å². The van der Waals surface area contributed by atoms with Gasteiger partial charge in [0.2, 0.25) is 0 Å². The third kappa shape index (κ3) is 4.60. The Morgan fingerprint density at radius 3 is 1.85 bits per heavy atom. The molecule has 0 bridgehead atoms. The molecule has 0 aliphatic carbocycles. The van der Waals surface area contributed by atoms with Crippen molar-refractivity contribution in [1.82, 2.24) is 0 Å². The van der Waals surface area contributed by atoms with Crippen molar-refractivity contribution in [2.45, 2.75) is 39.3 Å². The fourth-order valence-electron chi connectivity index (χ4n) is 2.41. The molecule has 0 N–H and O–H groups in total. The Kier molecular flexibility index (Phi) is 4.92. The Labute approximate surface area is 123 Å². The highest BCUT2D eigenvalue weighted by Gasteiger charge is 2.30. The molecule has 0 unspecified atom stereocenters. The zero-order valence-electron chi connectivity index (χ0n) is 13.2. The number of rotatable bonds is 4. The SMILES string of the molecule is C[Si](C)(C)C(=C=Cc1ccc([N+](=O)[O-])cc1)[Si](C)(C)C. The van der Waals surface area contributed by atoms with Gasteiger partial charge in [-0.15, -0.1) is 5.73 Å². The Bertz CT molecular complexity index is 541. The molecule has 1 rings (SSSR count). The first-order chi connectivity index (χ1) is 9.01. The van der Waals surface area contributed by atoms with Crippen LogP contribution >= 0.6 is 0 Å². The summed E-state index contributed by atoms with van der Waals surface area (Å²) >= 11 is 0. The summed E-state index contributed by atoms with van der Waals surface area (Å²) in [7, 11) is -2.75. The lowest BCUT2D eigenvalue weighted by Crippen LogP contribution is -2.39. The number of nitrogens with zero attached hydrogens (tertiary/aromatic N) is 1. The number of hydrogen-bond acceptors (Lipinski definition) is 2. The molecule has 3 nitrogen and oxygen atoms in total. The van der Waals surface area contributed by atoms with Gasteiger partial charge in [-0.2, -0.15) is 0 Å². The molecule has 5 heteroatoms. The van der Waals surface area contributed by atoms with Crippen LogP contribution in [-0.2, 0) is 0 Å². The van der Waals surface area contributed by atoms with Crippen molar-refractivity contribution in [2.75, 3.05) is 0 Å². The van der Waals surface area contributed by atoms with Crippen molar-refractivity contribution in [3.8, 4) is 0 Å². The van der Waals surface area contributed by atoms with E-state index in [9.17, 15) is 10.1 Å². The van der Waals surface area contributed by atoms with E-state index in [4.69, 9.17) is 0 Å². The number of nitro benzene ring substituents is 1. The van der Waals surface area contributed by atoms with Crippen LogP contribution < -0.4 is 0 Å². The van der Waals surface area contributed by atoms with Crippen molar-refractivity contribution in [3.63, 3.8) is 0 Å². The van der Waals surface area contributed by atoms with E-state index in [0.29, 0.717) is 0 Å². The van der Waals surface area contributed by atoms with Gasteiger partial charge < -0.3 is 0 Å². The van der Waals surface area contributed by atoms with Gasteiger partial charge in [-0.1, -0.05) is 44.1 Å². The standard InChI is InChI=1S/C15H23NO2Si2/c1-19(2,3)15(20(4,5)6)12-9-13-7-10-14(11-8-13)16(17)18/h7-11H,1-6H3. The van der Waals surface area contributed by atoms with Gasteiger partial charge >= 0.3 is 0 Å². The normalized spacial score (nSPS) is 11.7. The average molecular weight is 306 g/mol. The van der Waals surface area contributed by atoms with E-state index in [1.165, 1.54) is 17.0 Å². The molecule has 0 spiro atoms. The van der Waals surface area contributed by atoms with Gasteiger partial charge in [0.25, 0.3) is 5.69 Å². The second-order valence-corrected chi connectivity index (χ2v) is 17.5. The van der Waals surface area contributed by atoms with Crippen molar-refractivity contribution in [3.05, 3.63) is 50.5 Å². The van der Waals surface area contributed by atoms with Crippen LogP contribution in [0.25, 0.3) is 6.08 Å². The molecule has 0 saturated heterocycles. The molecule has 0 aliphatic heterocycles. The first-order valence-electron chi connectivity index (χ1n) is 6.74. The smallest absolute Gasteiger partial charge is 0.258 e. The predicted molar refractivity (Wildman–Crippen MR) is 91.3 cm³/mol. The summed E-state index contributed by atoms with van der Waals surface area (Å²) in [5.41, 5.74) is 4.60. The average Bonchev–Trinajstić information content (AvgIpc) is 2.26. The highest BCUT2D eigenvalue weighted by molar-refractivity contribution is 7.04. The molecule has 0 atom stereocenters. The first kappa shape index (κ1) is 16.6. The summed E-state index contributed by atoms with van der Waals surface area (Å²) in [5, 5.41) is 10.6. The van der Waals surface area contributed by atoms with Gasteiger partial charge in [0.1, 0.15) is 0 Å². The third-order valence-electron chi connectivity index (χ3n) is 2.99. The molecule has 0 saturated carbocycles. The minimum absolute atomic E-state index is 0.127. The largest absolute Gasteiger partial charge is 0.269 e. The molecule has 0 heterocycles. The molecule has 1 aromatic rings. The monoisotopic (exact) mass is 305 g/mol. The van der Waals surface area contributed by atoms with Crippen LogP contribution in [-0.4, -0.2) is 21.1 Å². The molecular weight excluding hydrogens is 282 g/mol. The minimum atomic E-state index is -1.38. The fraction of sp³-hybridized carbons (Fsp3) is 0.400. The molecule has 1 aromatic carbocycles. The fourth-order valence-corrected chi connectivity index (χ4v) is 12.4. The van der Waals surface area contributed by atoms with E-state index in [0.717, 1.165) is 5.56 Å². The Hall–Kier alpha value is -1.43. The van der Waals surface area contributed by atoms with Crippen LogP contribution in [0, 0.1) is 10.1 Å². The summed E-state index contributed by atoms with van der Waals surface area (Å²) in [5.74, 6) is 0. The molecule has 0 amide bonds. The summed E-state index contributed by atoms with van der Waals surface area (Å²) in [6, 6.07) is 6.63. The molecule has 0 aliphatic rings. The first-order valence-corrected chi connectivity index (χ1v) is 13.7. The second-order valence-electron chi connectivity index (χ2n) is 7.01. The lowest BCUT2D eigenvalue weighted by Gasteiger charge is -2.29. The van der Waals surface area contributed by atoms with E-state index in [1.807, 2.05) is 6.08 Å². The second kappa shape index (κ2) is 5.91. The van der Waals surface area contributed by atoms with Gasteiger partial charge in [-0.3, -0.25) is 10.1 Å². The van der Waals surface area contributed by atoms with Crippen molar-refractivity contribution < 1.29 is 4.92 Å². The molecule has 20 heavy (non-hydrogen) atoms. The van der Waals surface area contributed by atoms with Crippen LogP contribution in [0.4, 0.5) is 5.69 Å². The predicted octanol–water partition coefficient (Wildman–Crippen LogP) is 4.89. The van der Waals surface area contributed by atoms with Crippen molar-refractivity contribution in [1.29, 1.82) is 0 Å². The quantitative estimate of drug-likeness (QED) is 0.344. The van der Waals surface area contributed by atoms with Gasteiger partial charge in [0.05, 0.1) is 21.1 Å². The maximum Gasteiger partial charge on any atom is 0.269 e. The van der Waals surface area contributed by atoms with E-state index in [2.05, 4.69) is 45.0 Å². The van der Waals surface area contributed by atoms with Crippen molar-refractivity contribution >= 4 is 27.9 Å². The van der Waals surface area contributed by atoms with Gasteiger partial charge in [-0.05, 0) is 23.8 Å². The van der Waals surface area contributed by atoms with Gasteiger partial charge in [-0.25, -0.2) is 0 Å². The number of benzene rings is 1. The van der Waals surface area contributed by atoms with Crippen LogP contribution in [0.5, 0.6) is 0 Å². The van der Waals surface area contributed by atoms with Gasteiger partial charge in [0, 0.05) is 12.1 Å². The summed E-state index contributed by atoms with van der Waals surface area (Å²) in [6.45, 7) is 14.1. The van der Waals surface area contributed by atoms with Crippen LogP contribution in [0.2, 0.25) is 39.3 Å². The summed E-state index contributed by atoms with van der Waals surface area (Å²) in [4.78, 5) is 11.8. The number of nitro groups is 1. The molecule has 0 fully saturated rings.